The van der Waals surface area contributed by atoms with Gasteiger partial charge in [-0.05, 0) is 48.7 Å². The van der Waals surface area contributed by atoms with E-state index >= 15 is 0 Å². The van der Waals surface area contributed by atoms with Crippen LogP contribution >= 0.6 is 11.6 Å². The quantitative estimate of drug-likeness (QED) is 0.345. The van der Waals surface area contributed by atoms with Gasteiger partial charge in [-0.3, -0.25) is 4.99 Å². The number of hydrazone groups is 1. The van der Waals surface area contributed by atoms with Crippen molar-refractivity contribution in [2.75, 3.05) is 13.7 Å². The molecule has 1 aromatic heterocycles. The molecular formula is C20H22ClN5O. The molecular weight excluding hydrogens is 362 g/mol. The van der Waals surface area contributed by atoms with Crippen molar-refractivity contribution in [3.05, 3.63) is 64.3 Å². The van der Waals surface area contributed by atoms with Crippen LogP contribution in [0.4, 0.5) is 0 Å². The summed E-state index contributed by atoms with van der Waals surface area (Å²) in [5.74, 6) is 1.08. The minimum atomic E-state index is 0.272. The monoisotopic (exact) mass is 383 g/mol. The van der Waals surface area contributed by atoms with Crippen LogP contribution in [0.3, 0.4) is 0 Å². The van der Waals surface area contributed by atoms with Crippen LogP contribution in [0.2, 0.25) is 5.02 Å². The van der Waals surface area contributed by atoms with Crippen LogP contribution in [-0.2, 0) is 6.42 Å². The maximum atomic E-state index is 5.87. The predicted molar refractivity (Wildman–Crippen MR) is 112 cm³/mol. The number of nitrogens with two attached hydrogens (primary N) is 1. The van der Waals surface area contributed by atoms with Gasteiger partial charge in [0.25, 0.3) is 0 Å². The van der Waals surface area contributed by atoms with Crippen LogP contribution in [0, 0.1) is 6.92 Å². The molecule has 2 aromatic carbocycles. The normalized spacial score (nSPS) is 12.0. The molecule has 0 aliphatic carbocycles. The highest BCUT2D eigenvalue weighted by atomic mass is 35.5. The number of rotatable bonds is 6. The lowest BCUT2D eigenvalue weighted by molar-refractivity contribution is 0.415. The average molecular weight is 384 g/mol. The SMILES string of the molecule is COc1cc(C)c2[nH]cc(/C=N/NC(N)=NCCc3ccc(Cl)cc3)c2c1. The van der Waals surface area contributed by atoms with E-state index in [1.54, 1.807) is 13.3 Å². The summed E-state index contributed by atoms with van der Waals surface area (Å²) in [4.78, 5) is 7.53. The van der Waals surface area contributed by atoms with Crippen molar-refractivity contribution >= 4 is 34.7 Å². The fraction of sp³-hybridized carbons (Fsp3) is 0.200. The van der Waals surface area contributed by atoms with Crippen molar-refractivity contribution in [3.8, 4) is 5.75 Å². The van der Waals surface area contributed by atoms with E-state index < -0.39 is 0 Å². The molecule has 0 spiro atoms. The number of guanidine groups is 1. The number of aryl methyl sites for hydroxylation is 1. The summed E-state index contributed by atoms with van der Waals surface area (Å²) >= 11 is 5.87. The first kappa shape index (κ1) is 18.8. The summed E-state index contributed by atoms with van der Waals surface area (Å²) in [5, 5.41) is 5.94. The van der Waals surface area contributed by atoms with E-state index in [9.17, 15) is 0 Å². The number of nitrogens with zero attached hydrogens (tertiary/aromatic N) is 2. The molecule has 0 amide bonds. The van der Waals surface area contributed by atoms with E-state index in [1.165, 1.54) is 0 Å². The van der Waals surface area contributed by atoms with Crippen LogP contribution in [-0.4, -0.2) is 30.8 Å². The Morgan fingerprint density at radius 1 is 1.30 bits per heavy atom. The number of ether oxygens (including phenoxy) is 1. The highest BCUT2D eigenvalue weighted by Crippen LogP contribution is 2.26. The average Bonchev–Trinajstić information content (AvgIpc) is 3.07. The molecule has 0 bridgehead atoms. The zero-order chi connectivity index (χ0) is 19.2. The standard InChI is InChI=1S/C20H22ClN5O/c1-13-9-17(27-2)10-18-15(11-24-19(13)18)12-25-26-20(22)23-8-7-14-3-5-16(21)6-4-14/h3-6,9-12,24H,7-8H2,1-2H3,(H3,22,23,26)/b25-12+. The van der Waals surface area contributed by atoms with Gasteiger partial charge in [-0.2, -0.15) is 5.10 Å². The number of aromatic amines is 1. The third kappa shape index (κ3) is 4.80. The Labute approximate surface area is 163 Å². The lowest BCUT2D eigenvalue weighted by Gasteiger charge is -2.03. The molecule has 1 heterocycles. The minimum Gasteiger partial charge on any atom is -0.497 e. The number of fused-ring (bicyclic) bond motifs is 1. The molecule has 0 atom stereocenters. The van der Waals surface area contributed by atoms with Gasteiger partial charge in [-0.1, -0.05) is 23.7 Å². The highest BCUT2D eigenvalue weighted by molar-refractivity contribution is 6.30. The molecule has 3 rings (SSSR count). The molecule has 0 saturated heterocycles. The lowest BCUT2D eigenvalue weighted by atomic mass is 10.1. The second-order valence-electron chi connectivity index (χ2n) is 6.12. The first-order valence-electron chi connectivity index (χ1n) is 8.56. The molecule has 3 aromatic rings. The number of aliphatic imine (C=N–C) groups is 1. The van der Waals surface area contributed by atoms with Crippen molar-refractivity contribution < 1.29 is 4.74 Å². The van der Waals surface area contributed by atoms with Crippen LogP contribution in [0.5, 0.6) is 5.75 Å². The van der Waals surface area contributed by atoms with Crippen molar-refractivity contribution in [2.45, 2.75) is 13.3 Å². The third-order valence-electron chi connectivity index (χ3n) is 4.21. The van der Waals surface area contributed by atoms with Gasteiger partial charge in [0.1, 0.15) is 5.75 Å². The number of hydrogen-bond donors (Lipinski definition) is 3. The molecule has 140 valence electrons. The number of hydrogen-bond acceptors (Lipinski definition) is 3. The summed E-state index contributed by atoms with van der Waals surface area (Å²) < 4.78 is 5.34. The second kappa shape index (κ2) is 8.60. The summed E-state index contributed by atoms with van der Waals surface area (Å²) in [6.45, 7) is 2.60. The Balaban J connectivity index is 1.60. The minimum absolute atomic E-state index is 0.272. The first-order valence-corrected chi connectivity index (χ1v) is 8.94. The fourth-order valence-corrected chi connectivity index (χ4v) is 2.91. The second-order valence-corrected chi connectivity index (χ2v) is 6.56. The largest absolute Gasteiger partial charge is 0.497 e. The molecule has 0 aliphatic rings. The molecule has 27 heavy (non-hydrogen) atoms. The van der Waals surface area contributed by atoms with Crippen LogP contribution < -0.4 is 15.9 Å². The summed E-state index contributed by atoms with van der Waals surface area (Å²) in [6, 6.07) is 11.7. The van der Waals surface area contributed by atoms with Gasteiger partial charge in [0, 0.05) is 34.2 Å². The van der Waals surface area contributed by atoms with E-state index in [2.05, 4.69) is 20.5 Å². The van der Waals surface area contributed by atoms with E-state index in [-0.39, 0.29) is 5.96 Å². The van der Waals surface area contributed by atoms with Crippen molar-refractivity contribution in [1.82, 2.24) is 10.4 Å². The van der Waals surface area contributed by atoms with Crippen LogP contribution in [0.25, 0.3) is 10.9 Å². The van der Waals surface area contributed by atoms with Gasteiger partial charge in [0.15, 0.2) is 0 Å². The molecule has 0 unspecified atom stereocenters. The lowest BCUT2D eigenvalue weighted by Crippen LogP contribution is -2.27. The van der Waals surface area contributed by atoms with Gasteiger partial charge in [0.2, 0.25) is 5.96 Å². The molecule has 0 fully saturated rings. The highest BCUT2D eigenvalue weighted by Gasteiger charge is 2.06. The van der Waals surface area contributed by atoms with Gasteiger partial charge in [-0.15, -0.1) is 0 Å². The number of nitrogens with one attached hydrogen (secondary N) is 2. The number of aromatic nitrogens is 1. The van der Waals surface area contributed by atoms with Gasteiger partial charge >= 0.3 is 0 Å². The summed E-state index contributed by atoms with van der Waals surface area (Å²) in [6.07, 6.45) is 4.39. The number of methoxy groups -OCH3 is 1. The van der Waals surface area contributed by atoms with E-state index in [4.69, 9.17) is 22.1 Å². The van der Waals surface area contributed by atoms with E-state index in [1.807, 2.05) is 49.5 Å². The van der Waals surface area contributed by atoms with Crippen molar-refractivity contribution in [2.24, 2.45) is 15.8 Å². The molecule has 0 radical (unpaired) electrons. The van der Waals surface area contributed by atoms with E-state index in [0.29, 0.717) is 6.54 Å². The van der Waals surface area contributed by atoms with Crippen LogP contribution in [0.1, 0.15) is 16.7 Å². The van der Waals surface area contributed by atoms with E-state index in [0.717, 1.165) is 44.8 Å². The number of halogens is 1. The Morgan fingerprint density at radius 3 is 2.81 bits per heavy atom. The molecule has 7 heteroatoms. The van der Waals surface area contributed by atoms with Crippen molar-refractivity contribution in [3.63, 3.8) is 0 Å². The Kier molecular flexibility index (Phi) is 5.98. The van der Waals surface area contributed by atoms with Crippen LogP contribution in [0.15, 0.2) is 52.7 Å². The fourth-order valence-electron chi connectivity index (χ4n) is 2.79. The van der Waals surface area contributed by atoms with Gasteiger partial charge < -0.3 is 15.5 Å². The number of benzene rings is 2. The van der Waals surface area contributed by atoms with Crippen molar-refractivity contribution in [1.29, 1.82) is 0 Å². The Hall–Kier alpha value is -2.99. The first-order chi connectivity index (χ1) is 13.1. The third-order valence-corrected chi connectivity index (χ3v) is 4.46. The molecule has 0 aliphatic heterocycles. The Bertz CT molecular complexity index is 976. The van der Waals surface area contributed by atoms with Gasteiger partial charge in [-0.25, -0.2) is 5.43 Å². The smallest absolute Gasteiger partial charge is 0.209 e. The molecule has 6 nitrogen and oxygen atoms in total. The maximum Gasteiger partial charge on any atom is 0.209 e. The predicted octanol–water partition coefficient (Wildman–Crippen LogP) is 3.62. The Morgan fingerprint density at radius 2 is 2.07 bits per heavy atom. The summed E-state index contributed by atoms with van der Waals surface area (Å²) in [5.41, 5.74) is 12.9. The zero-order valence-corrected chi connectivity index (χ0v) is 16.0. The molecule has 4 N–H and O–H groups in total. The zero-order valence-electron chi connectivity index (χ0n) is 15.3. The van der Waals surface area contributed by atoms with Gasteiger partial charge in [0.05, 0.1) is 13.3 Å². The molecule has 0 saturated carbocycles. The number of H-pyrrole nitrogens is 1. The maximum absolute atomic E-state index is 5.87. The summed E-state index contributed by atoms with van der Waals surface area (Å²) in [7, 11) is 1.66. The topological polar surface area (TPSA) is 87.8 Å².